The molecular formula is C23H37N5O2S. The molecule has 0 saturated carbocycles. The van der Waals surface area contributed by atoms with Gasteiger partial charge in [0.1, 0.15) is 0 Å². The van der Waals surface area contributed by atoms with E-state index in [1.54, 1.807) is 17.8 Å². The molecule has 0 bridgehead atoms. The van der Waals surface area contributed by atoms with Crippen molar-refractivity contribution in [2.45, 2.75) is 64.0 Å². The van der Waals surface area contributed by atoms with Crippen molar-refractivity contribution >= 4 is 34.4 Å². The molecule has 2 amide bonds. The highest BCUT2D eigenvalue weighted by molar-refractivity contribution is 8.14. The zero-order valence-corrected chi connectivity index (χ0v) is 19.7. The van der Waals surface area contributed by atoms with Crippen LogP contribution in [0.1, 0.15) is 67.8 Å². The summed E-state index contributed by atoms with van der Waals surface area (Å²) in [7, 11) is 0. The highest BCUT2D eigenvalue weighted by Gasteiger charge is 2.18. The van der Waals surface area contributed by atoms with Crippen LogP contribution in [0.5, 0.6) is 0 Å². The summed E-state index contributed by atoms with van der Waals surface area (Å²) in [6.07, 6.45) is 8.19. The van der Waals surface area contributed by atoms with Crippen LogP contribution in [0, 0.1) is 6.92 Å². The number of nitrogens with zero attached hydrogens (tertiary/aromatic N) is 1. The summed E-state index contributed by atoms with van der Waals surface area (Å²) in [6.45, 7) is 6.42. The van der Waals surface area contributed by atoms with E-state index in [-0.39, 0.29) is 18.4 Å². The number of benzene rings is 1. The van der Waals surface area contributed by atoms with Crippen molar-refractivity contribution in [1.82, 2.24) is 10.6 Å². The Morgan fingerprint density at radius 3 is 2.48 bits per heavy atom. The lowest BCUT2D eigenvalue weighted by Gasteiger charge is -2.11. The van der Waals surface area contributed by atoms with Gasteiger partial charge in [0.2, 0.25) is 5.91 Å². The van der Waals surface area contributed by atoms with Crippen LogP contribution in [0.25, 0.3) is 0 Å². The number of aliphatic imine (C=N–C) groups is 1. The molecule has 1 aromatic rings. The number of aryl methyl sites for hydroxylation is 1. The summed E-state index contributed by atoms with van der Waals surface area (Å²) >= 11 is 1.58. The summed E-state index contributed by atoms with van der Waals surface area (Å²) in [5.41, 5.74) is 7.78. The standard InChI is InChI=1S/C23H37N5O2S/c1-17-14-19(10-11-20(17)22(30)28-23-27-15-18(2)31-23)26-16-21(29)25-13-9-7-5-3-4-6-8-12-24/h10-11,14,18,26H,3-9,12-13,15-16,24H2,1-2H3,(H,25,29)(H,27,28,30). The zero-order valence-electron chi connectivity index (χ0n) is 18.8. The van der Waals surface area contributed by atoms with Crippen LogP contribution in [-0.4, -0.2) is 48.4 Å². The number of anilines is 1. The van der Waals surface area contributed by atoms with Crippen LogP contribution in [0.2, 0.25) is 0 Å². The van der Waals surface area contributed by atoms with E-state index < -0.39 is 0 Å². The number of carbonyl (C=O) groups is 2. The van der Waals surface area contributed by atoms with Gasteiger partial charge in [0.05, 0.1) is 13.1 Å². The zero-order chi connectivity index (χ0) is 22.5. The first-order valence-electron chi connectivity index (χ1n) is 11.3. The van der Waals surface area contributed by atoms with E-state index in [2.05, 4.69) is 27.9 Å². The molecule has 0 spiro atoms. The van der Waals surface area contributed by atoms with Crippen molar-refractivity contribution in [1.29, 1.82) is 0 Å². The van der Waals surface area contributed by atoms with E-state index >= 15 is 0 Å². The largest absolute Gasteiger partial charge is 0.376 e. The van der Waals surface area contributed by atoms with E-state index in [1.807, 2.05) is 19.1 Å². The van der Waals surface area contributed by atoms with Gasteiger partial charge in [-0.3, -0.25) is 14.6 Å². The number of amides is 2. The average molecular weight is 448 g/mol. The second kappa shape index (κ2) is 14.1. The van der Waals surface area contributed by atoms with E-state index in [0.717, 1.165) is 43.6 Å². The van der Waals surface area contributed by atoms with Crippen LogP contribution < -0.4 is 21.7 Å². The lowest BCUT2D eigenvalue weighted by molar-refractivity contribution is -0.119. The molecule has 1 aliphatic rings. The Morgan fingerprint density at radius 2 is 1.84 bits per heavy atom. The molecule has 0 saturated heterocycles. The van der Waals surface area contributed by atoms with Crippen LogP contribution in [0.3, 0.4) is 0 Å². The third-order valence-corrected chi connectivity index (χ3v) is 6.16. The topological polar surface area (TPSA) is 109 Å². The molecular weight excluding hydrogens is 410 g/mol. The van der Waals surface area contributed by atoms with Gasteiger partial charge in [-0.25, -0.2) is 0 Å². The summed E-state index contributed by atoms with van der Waals surface area (Å²) in [6, 6.07) is 5.49. The van der Waals surface area contributed by atoms with Crippen LogP contribution >= 0.6 is 11.8 Å². The average Bonchev–Trinajstić information content (AvgIpc) is 3.15. The molecule has 0 fully saturated rings. The van der Waals surface area contributed by atoms with Gasteiger partial charge in [-0.15, -0.1) is 0 Å². The molecule has 1 unspecified atom stereocenters. The van der Waals surface area contributed by atoms with Gasteiger partial charge in [-0.2, -0.15) is 0 Å². The van der Waals surface area contributed by atoms with E-state index in [9.17, 15) is 9.59 Å². The number of nitrogens with two attached hydrogens (primary N) is 1. The van der Waals surface area contributed by atoms with Gasteiger partial charge in [0.25, 0.3) is 5.91 Å². The Morgan fingerprint density at radius 1 is 1.13 bits per heavy atom. The first-order valence-corrected chi connectivity index (χ1v) is 12.2. The molecule has 172 valence electrons. The summed E-state index contributed by atoms with van der Waals surface area (Å²) < 4.78 is 0. The van der Waals surface area contributed by atoms with Crippen molar-refractivity contribution in [3.63, 3.8) is 0 Å². The van der Waals surface area contributed by atoms with E-state index in [1.165, 1.54) is 25.7 Å². The third-order valence-electron chi connectivity index (χ3n) is 5.15. The van der Waals surface area contributed by atoms with Gasteiger partial charge < -0.3 is 21.7 Å². The highest BCUT2D eigenvalue weighted by Crippen LogP contribution is 2.20. The Bertz CT molecular complexity index is 753. The van der Waals surface area contributed by atoms with Gasteiger partial charge >= 0.3 is 0 Å². The van der Waals surface area contributed by atoms with Crippen LogP contribution in [0.4, 0.5) is 5.69 Å². The quantitative estimate of drug-likeness (QED) is 0.346. The Hall–Kier alpha value is -2.06. The molecule has 7 nitrogen and oxygen atoms in total. The fourth-order valence-electron chi connectivity index (χ4n) is 3.36. The maximum atomic E-state index is 12.5. The van der Waals surface area contributed by atoms with Gasteiger partial charge in [-0.05, 0) is 50.1 Å². The number of rotatable bonds is 13. The number of carbonyl (C=O) groups excluding carboxylic acids is 2. The van der Waals surface area contributed by atoms with Gasteiger partial charge in [0, 0.05) is 23.0 Å². The van der Waals surface area contributed by atoms with Gasteiger partial charge in [-0.1, -0.05) is 50.8 Å². The maximum Gasteiger partial charge on any atom is 0.257 e. The fraction of sp³-hybridized carbons (Fsp3) is 0.609. The summed E-state index contributed by atoms with van der Waals surface area (Å²) in [5, 5.41) is 10.0. The smallest absolute Gasteiger partial charge is 0.257 e. The normalized spacial score (nSPS) is 15.5. The van der Waals surface area contributed by atoms with E-state index in [4.69, 9.17) is 5.73 Å². The molecule has 0 radical (unpaired) electrons. The summed E-state index contributed by atoms with van der Waals surface area (Å²) in [4.78, 5) is 28.8. The van der Waals surface area contributed by atoms with Crippen molar-refractivity contribution in [2.24, 2.45) is 10.7 Å². The SMILES string of the molecule is Cc1cc(NCC(=O)NCCCCCCCCCN)ccc1C(=O)NC1=NCC(C)S1. The monoisotopic (exact) mass is 447 g/mol. The third kappa shape index (κ3) is 9.74. The van der Waals surface area contributed by atoms with E-state index in [0.29, 0.717) is 22.5 Å². The minimum Gasteiger partial charge on any atom is -0.376 e. The van der Waals surface area contributed by atoms with Crippen LogP contribution in [-0.2, 0) is 4.79 Å². The Balaban J connectivity index is 1.63. The lowest BCUT2D eigenvalue weighted by atomic mass is 10.1. The molecule has 0 aliphatic carbocycles. The van der Waals surface area contributed by atoms with Crippen molar-refractivity contribution in [3.05, 3.63) is 29.3 Å². The molecule has 1 atom stereocenters. The Labute approximate surface area is 190 Å². The number of hydrogen-bond donors (Lipinski definition) is 4. The predicted molar refractivity (Wildman–Crippen MR) is 131 cm³/mol. The minimum atomic E-state index is -0.151. The van der Waals surface area contributed by atoms with Crippen molar-refractivity contribution < 1.29 is 9.59 Å². The van der Waals surface area contributed by atoms with Gasteiger partial charge in [0.15, 0.2) is 5.17 Å². The molecule has 1 aromatic carbocycles. The molecule has 1 heterocycles. The maximum absolute atomic E-state index is 12.5. The fourth-order valence-corrected chi connectivity index (χ4v) is 4.20. The van der Waals surface area contributed by atoms with Crippen LogP contribution in [0.15, 0.2) is 23.2 Å². The second-order valence-electron chi connectivity index (χ2n) is 8.03. The number of nitrogens with one attached hydrogen (secondary N) is 3. The molecule has 31 heavy (non-hydrogen) atoms. The first kappa shape index (κ1) is 25.2. The molecule has 0 aromatic heterocycles. The Kier molecular flexibility index (Phi) is 11.5. The van der Waals surface area contributed by atoms with Crippen molar-refractivity contribution in [3.8, 4) is 0 Å². The predicted octanol–water partition coefficient (Wildman–Crippen LogP) is 3.43. The minimum absolute atomic E-state index is 0.0205. The molecule has 5 N–H and O–H groups in total. The van der Waals surface area contributed by atoms with Crippen molar-refractivity contribution in [2.75, 3.05) is 31.5 Å². The lowest BCUT2D eigenvalue weighted by Crippen LogP contribution is -2.30. The first-order chi connectivity index (χ1) is 15.0. The molecule has 8 heteroatoms. The highest BCUT2D eigenvalue weighted by atomic mass is 32.2. The summed E-state index contributed by atoms with van der Waals surface area (Å²) in [5.74, 6) is -0.172. The molecule has 2 rings (SSSR count). The number of unbranched alkanes of at least 4 members (excludes halogenated alkanes) is 6. The second-order valence-corrected chi connectivity index (χ2v) is 9.45. The molecule has 1 aliphatic heterocycles. The number of thioether (sulfide) groups is 1. The number of hydrogen-bond acceptors (Lipinski definition) is 6. The number of amidine groups is 1.